The highest BCUT2D eigenvalue weighted by molar-refractivity contribution is 6.30. The molecule has 0 aliphatic carbocycles. The number of amides is 1. The monoisotopic (exact) mass is 321 g/mol. The molecule has 2 aromatic rings. The SMILES string of the molecule is COc1ccc(C(N)=O)c(OCCOc2ccc(Cl)cc2)c1. The molecule has 116 valence electrons. The number of nitrogens with two attached hydrogens (primary N) is 1. The van der Waals surface area contributed by atoms with Crippen molar-refractivity contribution in [2.75, 3.05) is 20.3 Å². The van der Waals surface area contributed by atoms with E-state index in [1.807, 2.05) is 0 Å². The molecule has 1 amide bonds. The third-order valence-corrected chi connectivity index (χ3v) is 3.13. The Morgan fingerprint density at radius 3 is 2.32 bits per heavy atom. The van der Waals surface area contributed by atoms with E-state index >= 15 is 0 Å². The van der Waals surface area contributed by atoms with Gasteiger partial charge in [-0.3, -0.25) is 4.79 Å². The van der Waals surface area contributed by atoms with Gasteiger partial charge in [-0.05, 0) is 36.4 Å². The smallest absolute Gasteiger partial charge is 0.252 e. The van der Waals surface area contributed by atoms with Crippen molar-refractivity contribution in [1.29, 1.82) is 0 Å². The third kappa shape index (κ3) is 4.30. The first-order valence-corrected chi connectivity index (χ1v) is 6.97. The lowest BCUT2D eigenvalue weighted by atomic mass is 10.2. The second kappa shape index (κ2) is 7.56. The molecule has 0 radical (unpaired) electrons. The van der Waals surface area contributed by atoms with Gasteiger partial charge in [-0.2, -0.15) is 0 Å². The molecule has 0 aliphatic rings. The lowest BCUT2D eigenvalue weighted by Gasteiger charge is -2.12. The Morgan fingerprint density at radius 1 is 1.05 bits per heavy atom. The summed E-state index contributed by atoms with van der Waals surface area (Å²) in [5, 5.41) is 0.645. The van der Waals surface area contributed by atoms with Gasteiger partial charge in [-0.25, -0.2) is 0 Å². The fourth-order valence-electron chi connectivity index (χ4n) is 1.79. The minimum atomic E-state index is -0.559. The zero-order chi connectivity index (χ0) is 15.9. The lowest BCUT2D eigenvalue weighted by molar-refractivity contribution is 0.0995. The summed E-state index contributed by atoms with van der Waals surface area (Å²) in [6.45, 7) is 0.577. The highest BCUT2D eigenvalue weighted by atomic mass is 35.5. The number of hydrogen-bond donors (Lipinski definition) is 1. The number of methoxy groups -OCH3 is 1. The van der Waals surface area contributed by atoms with Gasteiger partial charge in [0.2, 0.25) is 0 Å². The Morgan fingerprint density at radius 2 is 1.68 bits per heavy atom. The van der Waals surface area contributed by atoms with Crippen molar-refractivity contribution in [2.24, 2.45) is 5.73 Å². The van der Waals surface area contributed by atoms with Crippen LogP contribution in [0.15, 0.2) is 42.5 Å². The normalized spacial score (nSPS) is 10.1. The minimum Gasteiger partial charge on any atom is -0.497 e. The molecule has 0 fully saturated rings. The van der Waals surface area contributed by atoms with Crippen LogP contribution in [0.2, 0.25) is 5.02 Å². The minimum absolute atomic E-state index is 0.260. The molecular weight excluding hydrogens is 306 g/mol. The van der Waals surface area contributed by atoms with Gasteiger partial charge in [0.05, 0.1) is 12.7 Å². The lowest BCUT2D eigenvalue weighted by Crippen LogP contribution is -2.15. The van der Waals surface area contributed by atoms with Crippen molar-refractivity contribution in [3.8, 4) is 17.2 Å². The summed E-state index contributed by atoms with van der Waals surface area (Å²) in [6.07, 6.45) is 0. The first-order valence-electron chi connectivity index (χ1n) is 6.59. The fraction of sp³-hybridized carbons (Fsp3) is 0.188. The quantitative estimate of drug-likeness (QED) is 0.796. The summed E-state index contributed by atoms with van der Waals surface area (Å²) < 4.78 is 16.2. The molecule has 0 heterocycles. The molecule has 22 heavy (non-hydrogen) atoms. The summed E-state index contributed by atoms with van der Waals surface area (Å²) in [5.41, 5.74) is 5.61. The van der Waals surface area contributed by atoms with Crippen molar-refractivity contribution in [3.05, 3.63) is 53.1 Å². The highest BCUT2D eigenvalue weighted by Gasteiger charge is 2.10. The second-order valence-electron chi connectivity index (χ2n) is 4.38. The number of rotatable bonds is 7. The first kappa shape index (κ1) is 16.0. The molecule has 6 heteroatoms. The maximum absolute atomic E-state index is 11.4. The summed E-state index contributed by atoms with van der Waals surface area (Å²) in [5.74, 6) is 1.08. The standard InChI is InChI=1S/C16H16ClNO4/c1-20-13-6-7-14(16(18)19)15(10-13)22-9-8-21-12-4-2-11(17)3-5-12/h2-7,10H,8-9H2,1H3,(H2,18,19). The molecule has 0 atom stereocenters. The van der Waals surface area contributed by atoms with Crippen molar-refractivity contribution in [3.63, 3.8) is 0 Å². The Balaban J connectivity index is 1.93. The highest BCUT2D eigenvalue weighted by Crippen LogP contribution is 2.24. The van der Waals surface area contributed by atoms with Gasteiger partial charge in [-0.1, -0.05) is 11.6 Å². The van der Waals surface area contributed by atoms with Crippen molar-refractivity contribution >= 4 is 17.5 Å². The number of carbonyl (C=O) groups is 1. The van der Waals surface area contributed by atoms with Gasteiger partial charge in [0.1, 0.15) is 30.5 Å². The molecule has 2 N–H and O–H groups in total. The predicted molar refractivity (Wildman–Crippen MR) is 84.0 cm³/mol. The van der Waals surface area contributed by atoms with Crippen molar-refractivity contribution in [2.45, 2.75) is 0 Å². The van der Waals surface area contributed by atoms with Crippen LogP contribution in [0.4, 0.5) is 0 Å². The Bertz CT molecular complexity index is 643. The van der Waals surface area contributed by atoms with E-state index in [1.165, 1.54) is 7.11 Å². The zero-order valence-electron chi connectivity index (χ0n) is 12.0. The van der Waals surface area contributed by atoms with E-state index in [1.54, 1.807) is 42.5 Å². The van der Waals surface area contributed by atoms with Gasteiger partial charge >= 0.3 is 0 Å². The number of benzene rings is 2. The van der Waals surface area contributed by atoms with E-state index in [0.29, 0.717) is 34.4 Å². The summed E-state index contributed by atoms with van der Waals surface area (Å²) in [6, 6.07) is 11.8. The van der Waals surface area contributed by atoms with Crippen LogP contribution in [-0.2, 0) is 0 Å². The summed E-state index contributed by atoms with van der Waals surface area (Å²) >= 11 is 5.79. The Labute approximate surface area is 133 Å². The van der Waals surface area contributed by atoms with Crippen LogP contribution in [0.3, 0.4) is 0 Å². The average molecular weight is 322 g/mol. The van der Waals surface area contributed by atoms with Crippen LogP contribution in [-0.4, -0.2) is 26.2 Å². The van der Waals surface area contributed by atoms with E-state index in [9.17, 15) is 4.79 Å². The Kier molecular flexibility index (Phi) is 5.49. The number of ether oxygens (including phenoxy) is 3. The molecule has 0 saturated heterocycles. The molecule has 0 bridgehead atoms. The van der Waals surface area contributed by atoms with Crippen LogP contribution >= 0.6 is 11.6 Å². The third-order valence-electron chi connectivity index (χ3n) is 2.88. The maximum Gasteiger partial charge on any atom is 0.252 e. The van der Waals surface area contributed by atoms with Crippen LogP contribution in [0.5, 0.6) is 17.2 Å². The first-order chi connectivity index (χ1) is 10.6. The van der Waals surface area contributed by atoms with Crippen molar-refractivity contribution in [1.82, 2.24) is 0 Å². The van der Waals surface area contributed by atoms with Gasteiger partial charge in [0.25, 0.3) is 5.91 Å². The molecule has 0 aliphatic heterocycles. The maximum atomic E-state index is 11.4. The van der Waals surface area contributed by atoms with Crippen LogP contribution < -0.4 is 19.9 Å². The number of primary amides is 1. The van der Waals surface area contributed by atoms with E-state index in [0.717, 1.165) is 0 Å². The van der Waals surface area contributed by atoms with E-state index in [2.05, 4.69) is 0 Å². The molecule has 5 nitrogen and oxygen atoms in total. The number of hydrogen-bond acceptors (Lipinski definition) is 4. The van der Waals surface area contributed by atoms with Crippen LogP contribution in [0.1, 0.15) is 10.4 Å². The van der Waals surface area contributed by atoms with Gasteiger partial charge in [0, 0.05) is 11.1 Å². The van der Waals surface area contributed by atoms with Gasteiger partial charge in [-0.15, -0.1) is 0 Å². The van der Waals surface area contributed by atoms with Crippen LogP contribution in [0.25, 0.3) is 0 Å². The predicted octanol–water partition coefficient (Wildman–Crippen LogP) is 2.91. The number of halogens is 1. The molecule has 0 saturated carbocycles. The van der Waals surface area contributed by atoms with Gasteiger partial charge in [0.15, 0.2) is 0 Å². The van der Waals surface area contributed by atoms with E-state index in [4.69, 9.17) is 31.5 Å². The fourth-order valence-corrected chi connectivity index (χ4v) is 1.92. The molecule has 0 aromatic heterocycles. The van der Waals surface area contributed by atoms with Crippen LogP contribution in [0, 0.1) is 0 Å². The Hall–Kier alpha value is -2.40. The summed E-state index contributed by atoms with van der Waals surface area (Å²) in [4.78, 5) is 11.4. The molecular formula is C16H16ClNO4. The molecule has 2 aromatic carbocycles. The molecule has 0 unspecified atom stereocenters. The number of carbonyl (C=O) groups excluding carboxylic acids is 1. The van der Waals surface area contributed by atoms with E-state index < -0.39 is 5.91 Å². The van der Waals surface area contributed by atoms with Crippen molar-refractivity contribution < 1.29 is 19.0 Å². The zero-order valence-corrected chi connectivity index (χ0v) is 12.8. The van der Waals surface area contributed by atoms with E-state index in [-0.39, 0.29) is 6.61 Å². The summed E-state index contributed by atoms with van der Waals surface area (Å²) in [7, 11) is 1.53. The molecule has 2 rings (SSSR count). The topological polar surface area (TPSA) is 70.8 Å². The van der Waals surface area contributed by atoms with Gasteiger partial charge < -0.3 is 19.9 Å². The molecule has 0 spiro atoms. The largest absolute Gasteiger partial charge is 0.497 e. The average Bonchev–Trinajstić information content (AvgIpc) is 2.52. The second-order valence-corrected chi connectivity index (χ2v) is 4.81.